The largest absolute Gasteiger partial charge is 0.486 e. The first-order valence-electron chi connectivity index (χ1n) is 6.45. The van der Waals surface area contributed by atoms with Crippen molar-refractivity contribution >= 4 is 11.3 Å². The summed E-state index contributed by atoms with van der Waals surface area (Å²) in [7, 11) is 0. The third-order valence-corrected chi connectivity index (χ3v) is 3.96. The van der Waals surface area contributed by atoms with Crippen molar-refractivity contribution < 1.29 is 4.74 Å². The van der Waals surface area contributed by atoms with Crippen LogP contribution in [0.25, 0.3) is 0 Å². The van der Waals surface area contributed by atoms with Gasteiger partial charge in [0.1, 0.15) is 17.4 Å². The van der Waals surface area contributed by atoms with Crippen molar-refractivity contribution in [2.24, 2.45) is 5.73 Å². The predicted octanol–water partition coefficient (Wildman–Crippen LogP) is 3.23. The molecule has 0 aliphatic carbocycles. The average Bonchev–Trinajstić information content (AvgIpc) is 2.67. The molecule has 0 fully saturated rings. The van der Waals surface area contributed by atoms with Crippen molar-refractivity contribution in [3.05, 3.63) is 45.4 Å². The van der Waals surface area contributed by atoms with E-state index in [0.717, 1.165) is 22.9 Å². The highest BCUT2D eigenvalue weighted by molar-refractivity contribution is 7.11. The van der Waals surface area contributed by atoms with Gasteiger partial charge < -0.3 is 10.5 Å². The van der Waals surface area contributed by atoms with Crippen molar-refractivity contribution in [2.45, 2.75) is 39.8 Å². The van der Waals surface area contributed by atoms with Gasteiger partial charge in [0, 0.05) is 10.9 Å². The maximum absolute atomic E-state index is 5.78. The molecule has 0 bridgehead atoms. The van der Waals surface area contributed by atoms with Crippen LogP contribution in [0.3, 0.4) is 0 Å². The molecule has 2 rings (SSSR count). The first-order valence-corrected chi connectivity index (χ1v) is 7.26. The summed E-state index contributed by atoms with van der Waals surface area (Å²) in [5, 5.41) is 1.02. The molecule has 0 spiro atoms. The summed E-state index contributed by atoms with van der Waals surface area (Å²) < 4.78 is 5.74. The Kier molecular flexibility index (Phi) is 4.56. The molecule has 0 aliphatic rings. The highest BCUT2D eigenvalue weighted by atomic mass is 32.1. The minimum Gasteiger partial charge on any atom is -0.486 e. The molecular weight excluding hydrogens is 256 g/mol. The molecule has 1 aromatic carbocycles. The van der Waals surface area contributed by atoms with Crippen LogP contribution in [0.5, 0.6) is 5.75 Å². The molecule has 102 valence electrons. The number of aromatic nitrogens is 1. The SMILES string of the molecule is Cc1nc(COc2ccc(CC(C)N)cc2)sc1C. The van der Waals surface area contributed by atoms with Crippen molar-refractivity contribution in [3.63, 3.8) is 0 Å². The number of ether oxygens (including phenoxy) is 1. The quantitative estimate of drug-likeness (QED) is 0.912. The number of hydrogen-bond acceptors (Lipinski definition) is 4. The maximum Gasteiger partial charge on any atom is 0.140 e. The highest BCUT2D eigenvalue weighted by Gasteiger charge is 2.04. The molecule has 1 heterocycles. The second kappa shape index (κ2) is 6.17. The van der Waals surface area contributed by atoms with Crippen LogP contribution in [-0.4, -0.2) is 11.0 Å². The minimum atomic E-state index is 0.188. The van der Waals surface area contributed by atoms with Gasteiger partial charge in [-0.2, -0.15) is 0 Å². The number of aryl methyl sites for hydroxylation is 2. The summed E-state index contributed by atoms with van der Waals surface area (Å²) >= 11 is 1.69. The average molecular weight is 276 g/mol. The molecule has 0 saturated heterocycles. The lowest BCUT2D eigenvalue weighted by Crippen LogP contribution is -2.17. The summed E-state index contributed by atoms with van der Waals surface area (Å²) in [6.07, 6.45) is 0.894. The van der Waals surface area contributed by atoms with E-state index < -0.39 is 0 Å². The van der Waals surface area contributed by atoms with E-state index in [1.54, 1.807) is 11.3 Å². The van der Waals surface area contributed by atoms with Crippen LogP contribution in [0.4, 0.5) is 0 Å². The van der Waals surface area contributed by atoms with Crippen molar-refractivity contribution in [2.75, 3.05) is 0 Å². The van der Waals surface area contributed by atoms with Crippen molar-refractivity contribution in [3.8, 4) is 5.75 Å². The molecule has 1 aromatic heterocycles. The number of hydrogen-bond donors (Lipinski definition) is 1. The minimum absolute atomic E-state index is 0.188. The fourth-order valence-electron chi connectivity index (χ4n) is 1.84. The van der Waals surface area contributed by atoms with Gasteiger partial charge in [0.15, 0.2) is 0 Å². The number of nitrogens with two attached hydrogens (primary N) is 1. The second-order valence-corrected chi connectivity index (χ2v) is 6.15. The number of benzene rings is 1. The fraction of sp³-hybridized carbons (Fsp3) is 0.400. The zero-order valence-electron chi connectivity index (χ0n) is 11.6. The molecule has 1 atom stereocenters. The van der Waals surface area contributed by atoms with Crippen molar-refractivity contribution in [1.29, 1.82) is 0 Å². The molecule has 4 heteroatoms. The Balaban J connectivity index is 1.92. The Bertz CT molecular complexity index is 512. The maximum atomic E-state index is 5.78. The molecule has 0 amide bonds. The van der Waals surface area contributed by atoms with Crippen LogP contribution in [-0.2, 0) is 13.0 Å². The number of thiazole rings is 1. The van der Waals surface area contributed by atoms with Gasteiger partial charge in [-0.15, -0.1) is 11.3 Å². The van der Waals surface area contributed by atoms with Crippen LogP contribution in [0.2, 0.25) is 0 Å². The lowest BCUT2D eigenvalue weighted by molar-refractivity contribution is 0.305. The lowest BCUT2D eigenvalue weighted by atomic mass is 10.1. The van der Waals surface area contributed by atoms with Crippen LogP contribution in [0, 0.1) is 13.8 Å². The molecule has 0 saturated carbocycles. The molecule has 3 nitrogen and oxygen atoms in total. The van der Waals surface area contributed by atoms with Crippen molar-refractivity contribution in [1.82, 2.24) is 4.98 Å². The van der Waals surface area contributed by atoms with Gasteiger partial charge in [0.2, 0.25) is 0 Å². The Labute approximate surface area is 118 Å². The van der Waals surface area contributed by atoms with E-state index in [0.29, 0.717) is 6.61 Å². The standard InChI is InChI=1S/C15H20N2OS/c1-10(16)8-13-4-6-14(7-5-13)18-9-15-17-11(2)12(3)19-15/h4-7,10H,8-9,16H2,1-3H3. The zero-order chi connectivity index (χ0) is 13.8. The van der Waals surface area contributed by atoms with E-state index in [9.17, 15) is 0 Å². The van der Waals surface area contributed by atoms with E-state index >= 15 is 0 Å². The van der Waals surface area contributed by atoms with Crippen LogP contribution in [0.15, 0.2) is 24.3 Å². The van der Waals surface area contributed by atoms with Crippen LogP contribution in [0.1, 0.15) is 28.1 Å². The van der Waals surface area contributed by atoms with E-state index in [1.165, 1.54) is 10.4 Å². The number of rotatable bonds is 5. The van der Waals surface area contributed by atoms with E-state index in [2.05, 4.69) is 24.0 Å². The Morgan fingerprint density at radius 2 is 1.95 bits per heavy atom. The smallest absolute Gasteiger partial charge is 0.140 e. The summed E-state index contributed by atoms with van der Waals surface area (Å²) in [5.41, 5.74) is 8.11. The van der Waals surface area contributed by atoms with Gasteiger partial charge in [-0.1, -0.05) is 12.1 Å². The third kappa shape index (κ3) is 4.04. The summed E-state index contributed by atoms with van der Waals surface area (Å²) in [6, 6.07) is 8.30. The van der Waals surface area contributed by atoms with E-state index in [1.807, 2.05) is 26.0 Å². The van der Waals surface area contributed by atoms with Gasteiger partial charge >= 0.3 is 0 Å². The second-order valence-electron chi connectivity index (χ2n) is 4.86. The summed E-state index contributed by atoms with van der Waals surface area (Å²) in [4.78, 5) is 5.71. The Morgan fingerprint density at radius 3 is 2.47 bits per heavy atom. The molecule has 1 unspecified atom stereocenters. The normalized spacial score (nSPS) is 12.4. The van der Waals surface area contributed by atoms with E-state index in [4.69, 9.17) is 10.5 Å². The van der Waals surface area contributed by atoms with Gasteiger partial charge in [-0.25, -0.2) is 4.98 Å². The Morgan fingerprint density at radius 1 is 1.26 bits per heavy atom. The molecule has 2 aromatic rings. The molecule has 0 radical (unpaired) electrons. The predicted molar refractivity (Wildman–Crippen MR) is 79.7 cm³/mol. The first kappa shape index (κ1) is 14.0. The van der Waals surface area contributed by atoms with Crippen LogP contribution >= 0.6 is 11.3 Å². The Hall–Kier alpha value is -1.39. The van der Waals surface area contributed by atoms with Crippen LogP contribution < -0.4 is 10.5 Å². The molecular formula is C15H20N2OS. The monoisotopic (exact) mass is 276 g/mol. The molecule has 2 N–H and O–H groups in total. The topological polar surface area (TPSA) is 48.1 Å². The van der Waals surface area contributed by atoms with Gasteiger partial charge in [-0.3, -0.25) is 0 Å². The van der Waals surface area contributed by atoms with Gasteiger partial charge in [-0.05, 0) is 44.9 Å². The summed E-state index contributed by atoms with van der Waals surface area (Å²) in [6.45, 7) is 6.65. The third-order valence-electron chi connectivity index (χ3n) is 2.92. The van der Waals surface area contributed by atoms with Gasteiger partial charge in [0.05, 0.1) is 5.69 Å². The highest BCUT2D eigenvalue weighted by Crippen LogP contribution is 2.19. The molecule has 0 aliphatic heterocycles. The zero-order valence-corrected chi connectivity index (χ0v) is 12.5. The lowest BCUT2D eigenvalue weighted by Gasteiger charge is -2.07. The summed E-state index contributed by atoms with van der Waals surface area (Å²) in [5.74, 6) is 0.874. The first-order chi connectivity index (χ1) is 9.04. The van der Waals surface area contributed by atoms with E-state index in [-0.39, 0.29) is 6.04 Å². The molecule has 19 heavy (non-hydrogen) atoms. The fourth-order valence-corrected chi connectivity index (χ4v) is 2.69. The van der Waals surface area contributed by atoms with Gasteiger partial charge in [0.25, 0.3) is 0 Å². The number of nitrogens with zero attached hydrogens (tertiary/aromatic N) is 1.